The van der Waals surface area contributed by atoms with E-state index in [4.69, 9.17) is 9.47 Å². The molecule has 1 aromatic rings. The number of hydrogen-bond acceptors (Lipinski definition) is 2. The van der Waals surface area contributed by atoms with Crippen molar-refractivity contribution in [2.45, 2.75) is 10.9 Å². The van der Waals surface area contributed by atoms with Gasteiger partial charge in [-0.25, -0.2) is 0 Å². The fourth-order valence-corrected chi connectivity index (χ4v) is 2.62. The number of ether oxygens (including phenoxy) is 2. The topological polar surface area (TPSA) is 18.5 Å². The maximum Gasteiger partial charge on any atom is 0.155 e. The van der Waals surface area contributed by atoms with Crippen molar-refractivity contribution in [3.8, 4) is 0 Å². The lowest BCUT2D eigenvalue weighted by Gasteiger charge is -2.32. The molecule has 0 bridgehead atoms. The summed E-state index contributed by atoms with van der Waals surface area (Å²) in [5, 5.41) is 0. The maximum absolute atomic E-state index is 5.61. The van der Waals surface area contributed by atoms with Gasteiger partial charge in [-0.3, -0.25) is 0 Å². The van der Waals surface area contributed by atoms with Gasteiger partial charge in [0.25, 0.3) is 0 Å². The summed E-state index contributed by atoms with van der Waals surface area (Å²) in [7, 11) is 3.38. The van der Waals surface area contributed by atoms with Gasteiger partial charge in [-0.2, -0.15) is 0 Å². The summed E-state index contributed by atoms with van der Waals surface area (Å²) in [5.41, 5.74) is 2.14. The molecule has 1 aliphatic rings. The van der Waals surface area contributed by atoms with Crippen molar-refractivity contribution in [1.82, 2.24) is 0 Å². The molecule has 0 aromatic heterocycles. The average Bonchev–Trinajstić information content (AvgIpc) is 2.39. The van der Waals surface area contributed by atoms with Gasteiger partial charge in [-0.05, 0) is 27.6 Å². The molecule has 1 aromatic carbocycles. The van der Waals surface area contributed by atoms with Crippen molar-refractivity contribution < 1.29 is 9.47 Å². The van der Waals surface area contributed by atoms with Crippen LogP contribution in [0.3, 0.4) is 0 Å². The molecule has 0 saturated carbocycles. The van der Waals surface area contributed by atoms with Crippen LogP contribution in [0.2, 0.25) is 0 Å². The molecule has 0 fully saturated rings. The first kappa shape index (κ1) is 12.4. The molecule has 2 nitrogen and oxygen atoms in total. The molecular formula is C14H15BrO2. The number of methoxy groups -OCH3 is 2. The Morgan fingerprint density at radius 2 is 1.88 bits per heavy atom. The van der Waals surface area contributed by atoms with E-state index < -0.39 is 4.51 Å². The van der Waals surface area contributed by atoms with E-state index in [9.17, 15) is 0 Å². The Morgan fingerprint density at radius 1 is 1.18 bits per heavy atom. The third-order valence-electron chi connectivity index (χ3n) is 2.88. The Balaban J connectivity index is 2.57. The largest absolute Gasteiger partial charge is 0.496 e. The molecular weight excluding hydrogens is 280 g/mol. The summed E-state index contributed by atoms with van der Waals surface area (Å²) < 4.78 is 10.5. The van der Waals surface area contributed by atoms with E-state index in [1.807, 2.05) is 30.4 Å². The van der Waals surface area contributed by atoms with Gasteiger partial charge in [0.2, 0.25) is 0 Å². The first-order chi connectivity index (χ1) is 8.21. The minimum atomic E-state index is -0.506. The van der Waals surface area contributed by atoms with Crippen LogP contribution in [0.5, 0.6) is 0 Å². The van der Waals surface area contributed by atoms with Crippen LogP contribution in [-0.2, 0) is 9.47 Å². The summed E-state index contributed by atoms with van der Waals surface area (Å²) in [6, 6.07) is 10.1. The Bertz CT molecular complexity index is 451. The second kappa shape index (κ2) is 5.07. The molecule has 3 heteroatoms. The van der Waals surface area contributed by atoms with Crippen LogP contribution < -0.4 is 0 Å². The van der Waals surface area contributed by atoms with Crippen molar-refractivity contribution >= 4 is 21.5 Å². The SMILES string of the molecule is COC1=C(c2ccccc2)C(Br)(OC)CC=C1. The number of allylic oxidation sites excluding steroid dienone is 1. The minimum absolute atomic E-state index is 0.506. The fourth-order valence-electron chi connectivity index (χ4n) is 2.01. The van der Waals surface area contributed by atoms with Crippen molar-refractivity contribution in [3.05, 3.63) is 53.8 Å². The second-order valence-corrected chi connectivity index (χ2v) is 5.13. The van der Waals surface area contributed by atoms with Gasteiger partial charge in [-0.15, -0.1) is 0 Å². The quantitative estimate of drug-likeness (QED) is 0.791. The highest BCUT2D eigenvalue weighted by Gasteiger charge is 2.35. The Kier molecular flexibility index (Phi) is 3.69. The molecule has 0 radical (unpaired) electrons. The smallest absolute Gasteiger partial charge is 0.155 e. The molecule has 0 saturated heterocycles. The van der Waals surface area contributed by atoms with E-state index in [2.05, 4.69) is 28.1 Å². The van der Waals surface area contributed by atoms with Crippen LogP contribution in [0.4, 0.5) is 0 Å². The van der Waals surface area contributed by atoms with E-state index in [0.29, 0.717) is 0 Å². The zero-order chi connectivity index (χ0) is 12.3. The van der Waals surface area contributed by atoms with Gasteiger partial charge in [0.15, 0.2) is 4.51 Å². The van der Waals surface area contributed by atoms with Crippen LogP contribution in [0.1, 0.15) is 12.0 Å². The standard InChI is InChI=1S/C14H15BrO2/c1-16-12-9-6-10-14(15,17-2)13(12)11-7-4-3-5-8-11/h3-9H,10H2,1-2H3. The summed E-state index contributed by atoms with van der Waals surface area (Å²) in [6.07, 6.45) is 4.81. The first-order valence-corrected chi connectivity index (χ1v) is 6.25. The van der Waals surface area contributed by atoms with Crippen LogP contribution >= 0.6 is 15.9 Å². The summed E-state index contributed by atoms with van der Waals surface area (Å²) in [5.74, 6) is 0.834. The van der Waals surface area contributed by atoms with Gasteiger partial charge in [0, 0.05) is 19.1 Å². The van der Waals surface area contributed by atoms with Crippen LogP contribution in [0.15, 0.2) is 48.2 Å². The zero-order valence-electron chi connectivity index (χ0n) is 9.94. The predicted molar refractivity (Wildman–Crippen MR) is 72.8 cm³/mol. The number of halogens is 1. The highest BCUT2D eigenvalue weighted by molar-refractivity contribution is 9.10. The van der Waals surface area contributed by atoms with Gasteiger partial charge < -0.3 is 9.47 Å². The van der Waals surface area contributed by atoms with Crippen molar-refractivity contribution in [2.75, 3.05) is 14.2 Å². The summed E-state index contributed by atoms with van der Waals surface area (Å²) >= 11 is 3.67. The summed E-state index contributed by atoms with van der Waals surface area (Å²) in [6.45, 7) is 0. The van der Waals surface area contributed by atoms with Crippen molar-refractivity contribution in [2.24, 2.45) is 0 Å². The maximum atomic E-state index is 5.61. The molecule has 0 amide bonds. The van der Waals surface area contributed by atoms with E-state index in [1.165, 1.54) is 0 Å². The lowest BCUT2D eigenvalue weighted by atomic mass is 9.93. The van der Waals surface area contributed by atoms with Crippen LogP contribution in [-0.4, -0.2) is 18.7 Å². The second-order valence-electron chi connectivity index (χ2n) is 3.85. The predicted octanol–water partition coefficient (Wildman–Crippen LogP) is 3.74. The van der Waals surface area contributed by atoms with E-state index in [-0.39, 0.29) is 0 Å². The third kappa shape index (κ3) is 2.31. The molecule has 1 atom stereocenters. The van der Waals surface area contributed by atoms with Crippen LogP contribution in [0, 0.1) is 0 Å². The van der Waals surface area contributed by atoms with Crippen molar-refractivity contribution in [1.29, 1.82) is 0 Å². The third-order valence-corrected chi connectivity index (χ3v) is 3.92. The molecule has 1 aliphatic carbocycles. The van der Waals surface area contributed by atoms with E-state index in [1.54, 1.807) is 14.2 Å². The molecule has 2 rings (SSSR count). The number of benzene rings is 1. The molecule has 17 heavy (non-hydrogen) atoms. The molecule has 90 valence electrons. The molecule has 1 unspecified atom stereocenters. The van der Waals surface area contributed by atoms with Crippen molar-refractivity contribution in [3.63, 3.8) is 0 Å². The zero-order valence-corrected chi connectivity index (χ0v) is 11.5. The van der Waals surface area contributed by atoms with Gasteiger partial charge in [0.1, 0.15) is 5.76 Å². The van der Waals surface area contributed by atoms with Crippen LogP contribution in [0.25, 0.3) is 5.57 Å². The van der Waals surface area contributed by atoms with Gasteiger partial charge in [0.05, 0.1) is 7.11 Å². The fraction of sp³-hybridized carbons (Fsp3) is 0.286. The highest BCUT2D eigenvalue weighted by atomic mass is 79.9. The van der Waals surface area contributed by atoms with Gasteiger partial charge in [-0.1, -0.05) is 36.4 Å². The number of alkyl halides is 1. The first-order valence-electron chi connectivity index (χ1n) is 5.46. The lowest BCUT2D eigenvalue weighted by Crippen LogP contribution is -2.27. The van der Waals surface area contributed by atoms with E-state index >= 15 is 0 Å². The highest BCUT2D eigenvalue weighted by Crippen LogP contribution is 2.43. The lowest BCUT2D eigenvalue weighted by molar-refractivity contribution is 0.123. The average molecular weight is 295 g/mol. The normalized spacial score (nSPS) is 23.9. The molecule has 0 heterocycles. The molecule has 0 N–H and O–H groups in total. The summed E-state index contributed by atoms with van der Waals surface area (Å²) in [4.78, 5) is 0. The minimum Gasteiger partial charge on any atom is -0.496 e. The Hall–Kier alpha value is -1.06. The number of hydrogen-bond donors (Lipinski definition) is 0. The monoisotopic (exact) mass is 294 g/mol. The molecule has 0 spiro atoms. The Labute approximate surface area is 110 Å². The van der Waals surface area contributed by atoms with E-state index in [0.717, 1.165) is 23.3 Å². The van der Waals surface area contributed by atoms with Gasteiger partial charge >= 0.3 is 0 Å². The molecule has 0 aliphatic heterocycles. The Morgan fingerprint density at radius 3 is 2.47 bits per heavy atom. The number of rotatable bonds is 3.